The Hall–Kier alpha value is -2.66. The highest BCUT2D eigenvalue weighted by atomic mass is 16.3. The van der Waals surface area contributed by atoms with Gasteiger partial charge in [-0.1, -0.05) is 80.3 Å². The first-order chi connectivity index (χ1) is 17.6. The fraction of sp³-hybridized carbons (Fsp3) is 0.548. The molecule has 0 bridgehead atoms. The largest absolute Gasteiger partial charge is 0.394 e. The topological polar surface area (TPSA) is 69.6 Å². The lowest BCUT2D eigenvalue weighted by Crippen LogP contribution is -2.39. The fourth-order valence-electron chi connectivity index (χ4n) is 6.29. The zero-order valence-corrected chi connectivity index (χ0v) is 21.3. The van der Waals surface area contributed by atoms with E-state index in [4.69, 9.17) is 0 Å². The molecule has 2 aromatic carbocycles. The summed E-state index contributed by atoms with van der Waals surface area (Å²) < 4.78 is 0. The molecule has 5 rings (SSSR count). The molecule has 36 heavy (non-hydrogen) atoms. The number of nitrogens with one attached hydrogen (secondary N) is 1. The van der Waals surface area contributed by atoms with E-state index in [0.29, 0.717) is 18.5 Å². The van der Waals surface area contributed by atoms with E-state index in [9.17, 15) is 14.7 Å². The van der Waals surface area contributed by atoms with E-state index in [1.54, 1.807) is 0 Å². The first-order valence-corrected chi connectivity index (χ1v) is 14.0. The van der Waals surface area contributed by atoms with Crippen molar-refractivity contribution in [2.45, 2.75) is 88.8 Å². The minimum Gasteiger partial charge on any atom is -0.394 e. The molecule has 0 heterocycles. The smallest absolute Gasteiger partial charge is 0.226 e. The number of carbonyl (C=O) groups is 2. The van der Waals surface area contributed by atoms with Crippen molar-refractivity contribution in [3.63, 3.8) is 0 Å². The van der Waals surface area contributed by atoms with Crippen LogP contribution in [0.5, 0.6) is 0 Å². The lowest BCUT2D eigenvalue weighted by molar-refractivity contribution is -0.136. The van der Waals surface area contributed by atoms with Gasteiger partial charge in [0.15, 0.2) is 0 Å². The van der Waals surface area contributed by atoms with Crippen molar-refractivity contribution in [3.8, 4) is 0 Å². The summed E-state index contributed by atoms with van der Waals surface area (Å²) in [6.45, 7) is 0.586. The van der Waals surface area contributed by atoms with Crippen molar-refractivity contribution >= 4 is 11.8 Å². The van der Waals surface area contributed by atoms with Crippen LogP contribution < -0.4 is 5.32 Å². The summed E-state index contributed by atoms with van der Waals surface area (Å²) >= 11 is 0. The molecule has 3 unspecified atom stereocenters. The predicted molar refractivity (Wildman–Crippen MR) is 141 cm³/mol. The molecule has 3 atom stereocenters. The number of nitrogens with zero attached hydrogens (tertiary/aromatic N) is 1. The number of amides is 2. The van der Waals surface area contributed by atoms with Crippen molar-refractivity contribution in [3.05, 3.63) is 71.3 Å². The Morgan fingerprint density at radius 1 is 0.861 bits per heavy atom. The van der Waals surface area contributed by atoms with E-state index in [2.05, 4.69) is 34.5 Å². The predicted octanol–water partition coefficient (Wildman–Crippen LogP) is 5.49. The Bertz CT molecular complexity index is 1010. The van der Waals surface area contributed by atoms with Crippen LogP contribution in [0, 0.1) is 11.8 Å². The molecule has 3 aliphatic carbocycles. The summed E-state index contributed by atoms with van der Waals surface area (Å²) in [6, 6.07) is 18.4. The van der Waals surface area contributed by atoms with Crippen molar-refractivity contribution in [2.75, 3.05) is 6.61 Å². The lowest BCUT2D eigenvalue weighted by Gasteiger charge is -2.32. The highest BCUT2D eigenvalue weighted by molar-refractivity contribution is 5.80. The number of hydrogen-bond donors (Lipinski definition) is 2. The second-order valence-corrected chi connectivity index (χ2v) is 11.1. The molecular weight excluding hydrogens is 448 g/mol. The number of benzene rings is 2. The average molecular weight is 489 g/mol. The van der Waals surface area contributed by atoms with E-state index >= 15 is 0 Å². The molecule has 2 aromatic rings. The monoisotopic (exact) mass is 488 g/mol. The van der Waals surface area contributed by atoms with Gasteiger partial charge in [0.05, 0.1) is 12.6 Å². The Balaban J connectivity index is 1.25. The van der Waals surface area contributed by atoms with Crippen LogP contribution in [0.2, 0.25) is 0 Å². The quantitative estimate of drug-likeness (QED) is 0.490. The molecule has 3 saturated carbocycles. The molecule has 0 radical (unpaired) electrons. The minimum absolute atomic E-state index is 0.0359. The summed E-state index contributed by atoms with van der Waals surface area (Å²) in [5.74, 6) is 0.718. The van der Waals surface area contributed by atoms with Crippen molar-refractivity contribution in [2.24, 2.45) is 11.8 Å². The molecule has 5 nitrogen and oxygen atoms in total. The molecule has 3 aliphatic rings. The molecule has 2 N–H and O–H groups in total. The third kappa shape index (κ3) is 5.83. The zero-order chi connectivity index (χ0) is 24.9. The van der Waals surface area contributed by atoms with Crippen LogP contribution in [-0.2, 0) is 16.1 Å². The first-order valence-electron chi connectivity index (χ1n) is 14.0. The number of aliphatic hydroxyl groups is 1. The summed E-state index contributed by atoms with van der Waals surface area (Å²) in [7, 11) is 0. The van der Waals surface area contributed by atoms with Gasteiger partial charge in [-0.3, -0.25) is 9.59 Å². The van der Waals surface area contributed by atoms with Gasteiger partial charge in [0.1, 0.15) is 0 Å². The molecule has 5 heteroatoms. The van der Waals surface area contributed by atoms with E-state index in [0.717, 1.165) is 56.9 Å². The van der Waals surface area contributed by atoms with Crippen LogP contribution in [0.15, 0.2) is 54.6 Å². The van der Waals surface area contributed by atoms with Crippen LogP contribution in [0.25, 0.3) is 0 Å². The number of rotatable bonds is 9. The van der Waals surface area contributed by atoms with Crippen LogP contribution >= 0.6 is 0 Å². The van der Waals surface area contributed by atoms with Crippen LogP contribution in [0.1, 0.15) is 92.9 Å². The van der Waals surface area contributed by atoms with Gasteiger partial charge in [0.2, 0.25) is 11.8 Å². The molecule has 3 fully saturated rings. The highest BCUT2D eigenvalue weighted by Gasteiger charge is 2.37. The number of carbonyl (C=O) groups excluding carboxylic acids is 2. The first kappa shape index (κ1) is 25.0. The molecule has 192 valence electrons. The van der Waals surface area contributed by atoms with Gasteiger partial charge < -0.3 is 15.3 Å². The Morgan fingerprint density at radius 3 is 2.19 bits per heavy atom. The van der Waals surface area contributed by atoms with E-state index in [1.165, 1.54) is 24.0 Å². The van der Waals surface area contributed by atoms with Gasteiger partial charge in [-0.05, 0) is 61.1 Å². The molecule has 0 saturated heterocycles. The summed E-state index contributed by atoms with van der Waals surface area (Å²) in [6.07, 6.45) is 10.8. The van der Waals surface area contributed by atoms with E-state index < -0.39 is 0 Å². The Labute approximate surface area is 215 Å². The van der Waals surface area contributed by atoms with Gasteiger partial charge in [0, 0.05) is 24.4 Å². The van der Waals surface area contributed by atoms with Gasteiger partial charge in [-0.2, -0.15) is 0 Å². The Morgan fingerprint density at radius 2 is 1.53 bits per heavy atom. The third-order valence-electron chi connectivity index (χ3n) is 8.54. The fourth-order valence-corrected chi connectivity index (χ4v) is 6.29. The maximum absolute atomic E-state index is 13.4. The van der Waals surface area contributed by atoms with Gasteiger partial charge in [-0.15, -0.1) is 0 Å². The maximum atomic E-state index is 13.4. The van der Waals surface area contributed by atoms with Gasteiger partial charge in [0.25, 0.3) is 0 Å². The lowest BCUT2D eigenvalue weighted by atomic mass is 9.74. The molecule has 0 spiro atoms. The Kier molecular flexibility index (Phi) is 8.05. The highest BCUT2D eigenvalue weighted by Crippen LogP contribution is 2.39. The van der Waals surface area contributed by atoms with Gasteiger partial charge >= 0.3 is 0 Å². The molecular formula is C31H40N2O3. The molecule has 0 aliphatic heterocycles. The standard InChI is InChI=1S/C31H40N2O3/c34-21-29(24-8-2-1-3-9-24)32-30(35)28-13-7-6-12-27(28)23-16-14-22(15-17-23)20-33(26-18-19-26)31(36)25-10-4-5-11-25/h1-3,8-9,14-17,25-29,34H,4-7,10-13,18-21H2,(H,32,35). The summed E-state index contributed by atoms with van der Waals surface area (Å²) in [5.41, 5.74) is 3.31. The van der Waals surface area contributed by atoms with E-state index in [-0.39, 0.29) is 36.3 Å². The second-order valence-electron chi connectivity index (χ2n) is 11.1. The average Bonchev–Trinajstić information content (AvgIpc) is 3.62. The van der Waals surface area contributed by atoms with Crippen molar-refractivity contribution in [1.29, 1.82) is 0 Å². The van der Waals surface area contributed by atoms with Crippen molar-refractivity contribution < 1.29 is 14.7 Å². The summed E-state index contributed by atoms with van der Waals surface area (Å²) in [5, 5.41) is 13.0. The van der Waals surface area contributed by atoms with E-state index in [1.807, 2.05) is 30.3 Å². The maximum Gasteiger partial charge on any atom is 0.226 e. The SMILES string of the molecule is O=C(NC(CO)c1ccccc1)C1CCCCC1c1ccc(CN(C(=O)C2CCCC2)C2CC2)cc1. The van der Waals surface area contributed by atoms with Gasteiger partial charge in [-0.25, -0.2) is 0 Å². The van der Waals surface area contributed by atoms with Crippen LogP contribution in [-0.4, -0.2) is 34.5 Å². The third-order valence-corrected chi connectivity index (χ3v) is 8.54. The van der Waals surface area contributed by atoms with Crippen LogP contribution in [0.4, 0.5) is 0 Å². The molecule has 0 aromatic heterocycles. The normalized spacial score (nSPS) is 23.2. The van der Waals surface area contributed by atoms with Crippen LogP contribution in [0.3, 0.4) is 0 Å². The summed E-state index contributed by atoms with van der Waals surface area (Å²) in [4.78, 5) is 28.6. The second kappa shape index (κ2) is 11.6. The zero-order valence-electron chi connectivity index (χ0n) is 21.3. The number of hydrogen-bond acceptors (Lipinski definition) is 3. The number of aliphatic hydroxyl groups excluding tert-OH is 1. The molecule has 2 amide bonds. The minimum atomic E-state index is -0.380. The van der Waals surface area contributed by atoms with Crippen molar-refractivity contribution in [1.82, 2.24) is 10.2 Å².